The summed E-state index contributed by atoms with van der Waals surface area (Å²) in [5.74, 6) is -1.64. The molecule has 2 aliphatic carbocycles. The molecule has 0 radical (unpaired) electrons. The number of hydrogen-bond acceptors (Lipinski definition) is 9. The molecule has 2 spiro atoms. The molecule has 1 aromatic heterocycles. The van der Waals surface area contributed by atoms with Crippen LogP contribution in [-0.4, -0.2) is 59.9 Å². The van der Waals surface area contributed by atoms with E-state index in [9.17, 15) is 14.4 Å². The number of alkyl halides is 1. The summed E-state index contributed by atoms with van der Waals surface area (Å²) >= 11 is 5.94. The predicted octanol–water partition coefficient (Wildman–Crippen LogP) is 3.72. The number of ether oxygens (including phenoxy) is 5. The molecule has 0 N–H and O–H groups in total. The quantitative estimate of drug-likeness (QED) is 0.241. The van der Waals surface area contributed by atoms with Gasteiger partial charge in [-0.25, -0.2) is 4.79 Å². The molecule has 1 unspecified atom stereocenters. The molecule has 5 heterocycles. The van der Waals surface area contributed by atoms with Crippen LogP contribution in [0.4, 0.5) is 0 Å². The number of furan rings is 1. The second-order valence-electron chi connectivity index (χ2n) is 13.0. The highest BCUT2D eigenvalue weighted by Crippen LogP contribution is 2.80. The molecular formula is C28H33ClO9. The first-order valence-electron chi connectivity index (χ1n) is 13.4. The van der Waals surface area contributed by atoms with Gasteiger partial charge in [-0.15, -0.1) is 11.6 Å². The Morgan fingerprint density at radius 2 is 1.92 bits per heavy atom. The number of fused-ring (bicyclic) bond motifs is 1. The number of esters is 3. The van der Waals surface area contributed by atoms with Crippen LogP contribution < -0.4 is 0 Å². The largest absolute Gasteiger partial charge is 0.472 e. The molecular weight excluding hydrogens is 516 g/mol. The van der Waals surface area contributed by atoms with Crippen LogP contribution in [0.5, 0.6) is 0 Å². The minimum absolute atomic E-state index is 0.0440. The van der Waals surface area contributed by atoms with Gasteiger partial charge in [0, 0.05) is 27.7 Å². The van der Waals surface area contributed by atoms with Gasteiger partial charge in [-0.05, 0) is 45.1 Å². The molecule has 4 saturated heterocycles. The molecule has 7 rings (SSSR count). The van der Waals surface area contributed by atoms with Crippen molar-refractivity contribution < 1.29 is 42.5 Å². The third-order valence-corrected chi connectivity index (χ3v) is 11.6. The maximum atomic E-state index is 13.4. The zero-order chi connectivity index (χ0) is 26.9. The molecule has 206 valence electrons. The fraction of sp³-hybridized carbons (Fsp3) is 0.750. The first-order chi connectivity index (χ1) is 18.0. The lowest BCUT2D eigenvalue weighted by atomic mass is 9.36. The van der Waals surface area contributed by atoms with Crippen molar-refractivity contribution >= 4 is 29.5 Å². The van der Waals surface area contributed by atoms with Gasteiger partial charge < -0.3 is 28.1 Å². The monoisotopic (exact) mass is 548 g/mol. The van der Waals surface area contributed by atoms with Gasteiger partial charge in [0.25, 0.3) is 0 Å². The highest BCUT2D eigenvalue weighted by atomic mass is 35.5. The maximum absolute atomic E-state index is 13.4. The normalized spacial score (nSPS) is 49.8. The minimum Gasteiger partial charge on any atom is -0.472 e. The molecule has 10 atom stereocenters. The van der Waals surface area contributed by atoms with Gasteiger partial charge in [-0.3, -0.25) is 9.59 Å². The standard InChI is InChI=1S/C28H33ClO9/c1-24(2)16-9-17(35-20(31)11-29)26(4)15(27(16)13-34-19(30)10-18(27)37-24)5-7-25(3)21(14-6-8-33-12-14)36-23(32)22-28(25,26)38-22/h6,8,12,15-18,21-22H,5,7,9-11,13H2,1-4H3/t15-,16-,17-,18-,21?,22+,25-,26-,27+,28+/m0/s1. The van der Waals surface area contributed by atoms with Crippen molar-refractivity contribution in [3.63, 3.8) is 0 Å². The van der Waals surface area contributed by atoms with Crippen LogP contribution >= 0.6 is 11.6 Å². The molecule has 0 aromatic carbocycles. The Balaban J connectivity index is 1.42. The highest BCUT2D eigenvalue weighted by Gasteiger charge is 2.90. The third kappa shape index (κ3) is 2.69. The molecule has 2 saturated carbocycles. The average molecular weight is 549 g/mol. The van der Waals surface area contributed by atoms with E-state index in [4.69, 9.17) is 39.7 Å². The first kappa shape index (κ1) is 24.9. The van der Waals surface area contributed by atoms with Crippen molar-refractivity contribution in [2.75, 3.05) is 12.5 Å². The summed E-state index contributed by atoms with van der Waals surface area (Å²) in [6.45, 7) is 8.51. The van der Waals surface area contributed by atoms with E-state index in [1.807, 2.05) is 19.9 Å². The summed E-state index contributed by atoms with van der Waals surface area (Å²) in [6, 6.07) is 1.82. The Morgan fingerprint density at radius 1 is 1.13 bits per heavy atom. The van der Waals surface area contributed by atoms with Gasteiger partial charge in [-0.1, -0.05) is 13.8 Å². The Hall–Kier alpha value is -2.10. The molecule has 0 bridgehead atoms. The number of epoxide rings is 1. The summed E-state index contributed by atoms with van der Waals surface area (Å²) < 4.78 is 36.5. The zero-order valence-corrected chi connectivity index (χ0v) is 22.7. The fourth-order valence-electron chi connectivity index (χ4n) is 9.96. The molecule has 4 aliphatic heterocycles. The Bertz CT molecular complexity index is 1210. The highest BCUT2D eigenvalue weighted by molar-refractivity contribution is 6.26. The van der Waals surface area contributed by atoms with Crippen LogP contribution in [0.1, 0.15) is 65.0 Å². The summed E-state index contributed by atoms with van der Waals surface area (Å²) in [5, 5.41) is 0. The van der Waals surface area contributed by atoms with Crippen molar-refractivity contribution in [1.82, 2.24) is 0 Å². The van der Waals surface area contributed by atoms with Gasteiger partial charge >= 0.3 is 17.9 Å². The number of cyclic esters (lactones) is 2. The van der Waals surface area contributed by atoms with Gasteiger partial charge in [0.05, 0.1) is 30.7 Å². The summed E-state index contributed by atoms with van der Waals surface area (Å²) in [6.07, 6.45) is 2.97. The fourth-order valence-corrected chi connectivity index (χ4v) is 10.0. The zero-order valence-electron chi connectivity index (χ0n) is 22.0. The third-order valence-electron chi connectivity index (χ3n) is 11.3. The molecule has 38 heavy (non-hydrogen) atoms. The molecule has 6 fully saturated rings. The molecule has 9 nitrogen and oxygen atoms in total. The lowest BCUT2D eigenvalue weighted by Crippen LogP contribution is -2.74. The van der Waals surface area contributed by atoms with Crippen molar-refractivity contribution in [3.8, 4) is 0 Å². The molecule has 1 aromatic rings. The molecule has 10 heteroatoms. The van der Waals surface area contributed by atoms with Crippen molar-refractivity contribution in [2.24, 2.45) is 28.1 Å². The van der Waals surface area contributed by atoms with Gasteiger partial charge in [0.1, 0.15) is 30.3 Å². The van der Waals surface area contributed by atoms with Crippen LogP contribution in [-0.2, 0) is 38.1 Å². The lowest BCUT2D eigenvalue weighted by molar-refractivity contribution is -0.265. The van der Waals surface area contributed by atoms with Crippen LogP contribution in [0.25, 0.3) is 0 Å². The predicted molar refractivity (Wildman–Crippen MR) is 130 cm³/mol. The van der Waals surface area contributed by atoms with Gasteiger partial charge in [0.2, 0.25) is 0 Å². The molecule has 6 aliphatic rings. The van der Waals surface area contributed by atoms with E-state index in [2.05, 4.69) is 13.8 Å². The summed E-state index contributed by atoms with van der Waals surface area (Å²) in [4.78, 5) is 38.6. The van der Waals surface area contributed by atoms with Crippen LogP contribution in [0.15, 0.2) is 23.0 Å². The van der Waals surface area contributed by atoms with Gasteiger partial charge in [-0.2, -0.15) is 0 Å². The number of halogens is 1. The van der Waals surface area contributed by atoms with Crippen molar-refractivity contribution in [2.45, 2.75) is 89.0 Å². The minimum atomic E-state index is -0.962. The maximum Gasteiger partial charge on any atom is 0.339 e. The second-order valence-corrected chi connectivity index (χ2v) is 13.3. The number of rotatable bonds is 3. The van der Waals surface area contributed by atoms with E-state index in [-0.39, 0.29) is 42.8 Å². The lowest BCUT2D eigenvalue weighted by Gasteiger charge is -2.67. The Morgan fingerprint density at radius 3 is 2.63 bits per heavy atom. The SMILES string of the molecule is CC1(C)O[C@H]2CC(=O)OC[C@]23[C@H]2CC[C@@]4(C)C(c5ccoc5)OC(=O)[C@H]5O[C@]54[C@]2(C)[C@@H](OC(=O)CCl)C[C@@H]13. The Kier molecular flexibility index (Phi) is 4.95. The van der Waals surface area contributed by atoms with Crippen molar-refractivity contribution in [1.29, 1.82) is 0 Å². The summed E-state index contributed by atoms with van der Waals surface area (Å²) in [7, 11) is 0. The first-order valence-corrected chi connectivity index (χ1v) is 14.0. The number of carbonyl (C=O) groups is 3. The van der Waals surface area contributed by atoms with E-state index in [0.717, 1.165) is 12.0 Å². The van der Waals surface area contributed by atoms with Crippen LogP contribution in [0, 0.1) is 28.1 Å². The van der Waals surface area contributed by atoms with E-state index in [1.54, 1.807) is 12.5 Å². The van der Waals surface area contributed by atoms with Crippen LogP contribution in [0.2, 0.25) is 0 Å². The van der Waals surface area contributed by atoms with E-state index < -0.39 is 57.7 Å². The number of hydrogen-bond donors (Lipinski definition) is 0. The topological polar surface area (TPSA) is 114 Å². The Labute approximate surface area is 225 Å². The van der Waals surface area contributed by atoms with E-state index in [1.165, 1.54) is 0 Å². The van der Waals surface area contributed by atoms with Gasteiger partial charge in [0.15, 0.2) is 6.10 Å². The number of carbonyl (C=O) groups excluding carboxylic acids is 3. The van der Waals surface area contributed by atoms with E-state index in [0.29, 0.717) is 12.8 Å². The van der Waals surface area contributed by atoms with Crippen LogP contribution in [0.3, 0.4) is 0 Å². The summed E-state index contributed by atoms with van der Waals surface area (Å²) in [5.41, 5.74) is -2.70. The molecule has 0 amide bonds. The van der Waals surface area contributed by atoms with E-state index >= 15 is 0 Å². The second kappa shape index (κ2) is 7.55. The smallest absolute Gasteiger partial charge is 0.339 e. The average Bonchev–Trinajstić information content (AvgIpc) is 3.35. The van der Waals surface area contributed by atoms with Crippen molar-refractivity contribution in [3.05, 3.63) is 24.2 Å².